The molecule has 0 radical (unpaired) electrons. The second kappa shape index (κ2) is 10.5. The summed E-state index contributed by atoms with van der Waals surface area (Å²) in [6.07, 6.45) is 0. The zero-order valence-electron chi connectivity index (χ0n) is 19.0. The highest BCUT2D eigenvalue weighted by atomic mass is 16.7. The number of anilines is 1. The average molecular weight is 453 g/mol. The molecule has 0 aromatic heterocycles. The van der Waals surface area contributed by atoms with Crippen molar-refractivity contribution in [3.8, 4) is 11.5 Å². The molecule has 1 N–H and O–H groups in total. The molecule has 3 aliphatic heterocycles. The van der Waals surface area contributed by atoms with Gasteiger partial charge in [-0.2, -0.15) is 0 Å². The molecule has 0 bridgehead atoms. The van der Waals surface area contributed by atoms with Crippen LogP contribution >= 0.6 is 0 Å². The Labute approximate surface area is 195 Å². The van der Waals surface area contributed by atoms with Crippen molar-refractivity contribution in [3.05, 3.63) is 53.6 Å². The van der Waals surface area contributed by atoms with Crippen LogP contribution in [0.5, 0.6) is 11.5 Å². The first-order valence-electron chi connectivity index (χ1n) is 11.7. The van der Waals surface area contributed by atoms with Crippen LogP contribution in [0.2, 0.25) is 0 Å². The van der Waals surface area contributed by atoms with E-state index < -0.39 is 0 Å². The van der Waals surface area contributed by atoms with Crippen molar-refractivity contribution in [2.45, 2.75) is 13.1 Å². The van der Waals surface area contributed by atoms with Gasteiger partial charge in [0, 0.05) is 58.0 Å². The van der Waals surface area contributed by atoms with Gasteiger partial charge in [-0.3, -0.25) is 19.5 Å². The quantitative estimate of drug-likeness (QED) is 0.689. The lowest BCUT2D eigenvalue weighted by Gasteiger charge is -2.34. The summed E-state index contributed by atoms with van der Waals surface area (Å²) in [5.41, 5.74) is 3.34. The van der Waals surface area contributed by atoms with Crippen LogP contribution in [0.4, 0.5) is 5.69 Å². The normalized spacial score (nSPS) is 19.5. The van der Waals surface area contributed by atoms with Crippen LogP contribution in [0.25, 0.3) is 0 Å². The van der Waals surface area contributed by atoms with Crippen molar-refractivity contribution >= 4 is 11.6 Å². The summed E-state index contributed by atoms with van der Waals surface area (Å²) in [6, 6.07) is 14.3. The van der Waals surface area contributed by atoms with Gasteiger partial charge < -0.3 is 19.5 Å². The molecule has 2 aromatic carbocycles. The molecule has 2 aromatic rings. The summed E-state index contributed by atoms with van der Waals surface area (Å²) in [6.45, 7) is 9.75. The van der Waals surface area contributed by atoms with Crippen molar-refractivity contribution in [2.75, 3.05) is 71.1 Å². The van der Waals surface area contributed by atoms with Gasteiger partial charge >= 0.3 is 0 Å². The topological polar surface area (TPSA) is 66.5 Å². The van der Waals surface area contributed by atoms with E-state index in [1.165, 1.54) is 11.1 Å². The highest BCUT2D eigenvalue weighted by Crippen LogP contribution is 2.32. The first-order chi connectivity index (χ1) is 16.2. The lowest BCUT2D eigenvalue weighted by molar-refractivity contribution is -0.117. The zero-order chi connectivity index (χ0) is 22.5. The molecule has 0 saturated carbocycles. The van der Waals surface area contributed by atoms with E-state index in [1.807, 2.05) is 18.2 Å². The average Bonchev–Trinajstić information content (AvgIpc) is 3.30. The van der Waals surface area contributed by atoms with E-state index in [2.05, 4.69) is 44.3 Å². The van der Waals surface area contributed by atoms with Crippen LogP contribution in [-0.2, 0) is 22.6 Å². The fourth-order valence-corrected chi connectivity index (χ4v) is 4.52. The van der Waals surface area contributed by atoms with E-state index in [4.69, 9.17) is 14.2 Å². The molecule has 0 unspecified atom stereocenters. The molecule has 3 aliphatic rings. The predicted octanol–water partition coefficient (Wildman–Crippen LogP) is 2.00. The van der Waals surface area contributed by atoms with Gasteiger partial charge in [0.1, 0.15) is 0 Å². The van der Waals surface area contributed by atoms with Crippen molar-refractivity contribution in [1.82, 2.24) is 14.7 Å². The molecule has 0 atom stereocenters. The number of carbonyl (C=O) groups excluding carboxylic acids is 1. The minimum atomic E-state index is 0.0418. The van der Waals surface area contributed by atoms with Gasteiger partial charge in [-0.15, -0.1) is 0 Å². The minimum absolute atomic E-state index is 0.0418. The second-order valence-corrected chi connectivity index (χ2v) is 8.87. The Morgan fingerprint density at radius 2 is 1.39 bits per heavy atom. The highest BCUT2D eigenvalue weighted by molar-refractivity contribution is 5.92. The van der Waals surface area contributed by atoms with Crippen LogP contribution in [0.15, 0.2) is 42.5 Å². The van der Waals surface area contributed by atoms with E-state index in [9.17, 15) is 4.79 Å². The number of benzene rings is 2. The molecule has 8 nitrogen and oxygen atoms in total. The smallest absolute Gasteiger partial charge is 0.238 e. The number of rotatable bonds is 7. The second-order valence-electron chi connectivity index (χ2n) is 8.87. The van der Waals surface area contributed by atoms with E-state index in [0.717, 1.165) is 82.8 Å². The summed E-state index contributed by atoms with van der Waals surface area (Å²) >= 11 is 0. The van der Waals surface area contributed by atoms with Crippen molar-refractivity contribution in [1.29, 1.82) is 0 Å². The number of nitrogens with one attached hydrogen (secondary N) is 1. The molecule has 0 aliphatic carbocycles. The van der Waals surface area contributed by atoms with Gasteiger partial charge in [-0.05, 0) is 35.4 Å². The Morgan fingerprint density at radius 3 is 2.18 bits per heavy atom. The molecule has 1 amide bonds. The SMILES string of the molecule is O=C(CN1CCN(Cc2ccc3c(c2)OCO3)CC1)Nc1ccc(CN2CCOCC2)cc1. The molecule has 5 rings (SSSR count). The lowest BCUT2D eigenvalue weighted by atomic mass is 10.1. The van der Waals surface area contributed by atoms with Crippen LogP contribution in [0.1, 0.15) is 11.1 Å². The molecule has 2 fully saturated rings. The number of hydrogen-bond acceptors (Lipinski definition) is 7. The van der Waals surface area contributed by atoms with Gasteiger partial charge in [-0.1, -0.05) is 18.2 Å². The highest BCUT2D eigenvalue weighted by Gasteiger charge is 2.20. The van der Waals surface area contributed by atoms with Crippen molar-refractivity contribution in [2.24, 2.45) is 0 Å². The summed E-state index contributed by atoms with van der Waals surface area (Å²) in [5, 5.41) is 3.04. The number of ether oxygens (including phenoxy) is 3. The van der Waals surface area contributed by atoms with Gasteiger partial charge in [0.2, 0.25) is 12.7 Å². The first-order valence-corrected chi connectivity index (χ1v) is 11.7. The Bertz CT molecular complexity index is 938. The summed E-state index contributed by atoms with van der Waals surface area (Å²) in [4.78, 5) is 19.6. The Kier molecular flexibility index (Phi) is 7.06. The maximum atomic E-state index is 12.5. The third-order valence-corrected chi connectivity index (χ3v) is 6.42. The Morgan fingerprint density at radius 1 is 0.758 bits per heavy atom. The van der Waals surface area contributed by atoms with Crippen molar-refractivity contribution in [3.63, 3.8) is 0 Å². The molecule has 2 saturated heterocycles. The van der Waals surface area contributed by atoms with Crippen LogP contribution in [-0.4, -0.2) is 86.4 Å². The van der Waals surface area contributed by atoms with Gasteiger partial charge in [0.15, 0.2) is 11.5 Å². The fourth-order valence-electron chi connectivity index (χ4n) is 4.52. The number of amides is 1. The third-order valence-electron chi connectivity index (χ3n) is 6.42. The number of fused-ring (bicyclic) bond motifs is 1. The number of carbonyl (C=O) groups is 1. The molecule has 176 valence electrons. The van der Waals surface area contributed by atoms with Crippen LogP contribution in [0.3, 0.4) is 0 Å². The maximum Gasteiger partial charge on any atom is 0.238 e. The molecular formula is C25H32N4O4. The number of hydrogen-bond donors (Lipinski definition) is 1. The Hall–Kier alpha value is -2.65. The monoisotopic (exact) mass is 452 g/mol. The zero-order valence-corrected chi connectivity index (χ0v) is 19.0. The first kappa shape index (κ1) is 22.2. The van der Waals surface area contributed by atoms with E-state index >= 15 is 0 Å². The fraction of sp³-hybridized carbons (Fsp3) is 0.480. The number of nitrogens with zero attached hydrogens (tertiary/aromatic N) is 3. The molecular weight excluding hydrogens is 420 g/mol. The minimum Gasteiger partial charge on any atom is -0.454 e. The molecule has 8 heteroatoms. The van der Waals surface area contributed by atoms with Gasteiger partial charge in [0.25, 0.3) is 0 Å². The third kappa shape index (κ3) is 6.03. The van der Waals surface area contributed by atoms with Crippen LogP contribution in [0, 0.1) is 0 Å². The van der Waals surface area contributed by atoms with E-state index in [-0.39, 0.29) is 5.91 Å². The Balaban J connectivity index is 1.03. The van der Waals surface area contributed by atoms with Crippen molar-refractivity contribution < 1.29 is 19.0 Å². The summed E-state index contributed by atoms with van der Waals surface area (Å²) in [5.74, 6) is 1.69. The maximum absolute atomic E-state index is 12.5. The standard InChI is InChI=1S/C25H32N4O4/c30-25(26-22-4-1-20(2-5-22)16-29-11-13-31-14-12-29)18-28-9-7-27(8-10-28)17-21-3-6-23-24(15-21)33-19-32-23/h1-6,15H,7-14,16-19H2,(H,26,30). The summed E-state index contributed by atoms with van der Waals surface area (Å²) in [7, 11) is 0. The van der Waals surface area contributed by atoms with Gasteiger partial charge in [0.05, 0.1) is 19.8 Å². The number of morpholine rings is 1. The largest absolute Gasteiger partial charge is 0.454 e. The molecule has 0 spiro atoms. The lowest BCUT2D eigenvalue weighted by Crippen LogP contribution is -2.48. The molecule has 3 heterocycles. The van der Waals surface area contributed by atoms with E-state index in [0.29, 0.717) is 13.3 Å². The predicted molar refractivity (Wildman–Crippen MR) is 125 cm³/mol. The van der Waals surface area contributed by atoms with Crippen LogP contribution < -0.4 is 14.8 Å². The number of piperazine rings is 1. The van der Waals surface area contributed by atoms with E-state index in [1.54, 1.807) is 0 Å². The van der Waals surface area contributed by atoms with Gasteiger partial charge in [-0.25, -0.2) is 0 Å². The summed E-state index contributed by atoms with van der Waals surface area (Å²) < 4.78 is 16.3. The molecule has 33 heavy (non-hydrogen) atoms.